The van der Waals surface area contributed by atoms with Gasteiger partial charge in [0, 0.05) is 30.6 Å². The SMILES string of the molecule is CN(CCCn1c(=O)oc2cc(CCNC[C@H](O)c3ccc(O)c4[nH]c(=O)ccc34)ccc21)C1CCC(OC(=O)C(O)(c2cccs2)c2cccs2)CC1. The Morgan fingerprint density at radius 3 is 2.50 bits per heavy atom. The predicted octanol–water partition coefficient (Wildman–Crippen LogP) is 5.24. The van der Waals surface area contributed by atoms with Crippen molar-refractivity contribution in [1.29, 1.82) is 0 Å². The Labute approximate surface area is 319 Å². The highest BCUT2D eigenvalue weighted by Gasteiger charge is 2.45. The van der Waals surface area contributed by atoms with Crippen molar-refractivity contribution in [1.82, 2.24) is 19.8 Å². The van der Waals surface area contributed by atoms with Crippen LogP contribution in [0, 0.1) is 0 Å². The van der Waals surface area contributed by atoms with E-state index in [0.717, 1.165) is 36.9 Å². The number of aliphatic hydroxyl groups is 2. The maximum absolute atomic E-state index is 13.4. The Morgan fingerprint density at radius 1 is 1.06 bits per heavy atom. The lowest BCUT2D eigenvalue weighted by atomic mass is 9.91. The van der Waals surface area contributed by atoms with E-state index >= 15 is 0 Å². The van der Waals surface area contributed by atoms with Gasteiger partial charge in [0.05, 0.1) is 26.9 Å². The van der Waals surface area contributed by atoms with Crippen LogP contribution in [-0.2, 0) is 28.1 Å². The third-order valence-electron chi connectivity index (χ3n) is 10.4. The topological polar surface area (TPSA) is 170 Å². The minimum atomic E-state index is -1.80. The van der Waals surface area contributed by atoms with Gasteiger partial charge in [0.15, 0.2) is 5.58 Å². The first-order valence-corrected chi connectivity index (χ1v) is 20.0. The van der Waals surface area contributed by atoms with Crippen LogP contribution in [0.5, 0.6) is 5.75 Å². The molecule has 1 atom stereocenters. The number of aromatic nitrogens is 2. The number of carbonyl (C=O) groups is 1. The molecule has 54 heavy (non-hydrogen) atoms. The van der Waals surface area contributed by atoms with Crippen molar-refractivity contribution in [2.75, 3.05) is 26.7 Å². The van der Waals surface area contributed by atoms with Crippen molar-refractivity contribution in [2.45, 2.75) is 68.9 Å². The Bertz CT molecular complexity index is 2270. The van der Waals surface area contributed by atoms with Gasteiger partial charge in [-0.1, -0.05) is 24.3 Å². The highest BCUT2D eigenvalue weighted by Crippen LogP contribution is 2.38. The lowest BCUT2D eigenvalue weighted by Gasteiger charge is -2.35. The number of aromatic amines is 1. The maximum Gasteiger partial charge on any atom is 0.419 e. The predicted molar refractivity (Wildman–Crippen MR) is 209 cm³/mol. The van der Waals surface area contributed by atoms with Crippen LogP contribution in [0.15, 0.2) is 91.5 Å². The fourth-order valence-electron chi connectivity index (χ4n) is 7.40. The zero-order valence-corrected chi connectivity index (χ0v) is 31.5. The average Bonchev–Trinajstić information content (AvgIpc) is 3.97. The largest absolute Gasteiger partial charge is 0.506 e. The van der Waals surface area contributed by atoms with Crippen molar-refractivity contribution in [3.8, 4) is 5.75 Å². The molecule has 14 heteroatoms. The summed E-state index contributed by atoms with van der Waals surface area (Å²) in [5.74, 6) is -1.06. The molecule has 12 nitrogen and oxygen atoms in total. The minimum Gasteiger partial charge on any atom is -0.506 e. The van der Waals surface area contributed by atoms with E-state index in [1.807, 2.05) is 41.1 Å². The second-order valence-corrected chi connectivity index (χ2v) is 15.8. The van der Waals surface area contributed by atoms with Crippen molar-refractivity contribution in [2.24, 2.45) is 0 Å². The van der Waals surface area contributed by atoms with Gasteiger partial charge in [-0.25, -0.2) is 9.59 Å². The molecule has 5 N–H and O–H groups in total. The van der Waals surface area contributed by atoms with Crippen LogP contribution in [0.25, 0.3) is 22.0 Å². The normalized spacial score (nSPS) is 17.0. The number of ether oxygens (including phenoxy) is 1. The van der Waals surface area contributed by atoms with Gasteiger partial charge in [0.2, 0.25) is 11.2 Å². The van der Waals surface area contributed by atoms with E-state index < -0.39 is 17.7 Å². The van der Waals surface area contributed by atoms with Gasteiger partial charge in [0.1, 0.15) is 11.9 Å². The molecule has 0 amide bonds. The molecule has 4 aromatic heterocycles. The number of phenols is 1. The molecule has 1 fully saturated rings. The lowest BCUT2D eigenvalue weighted by Crippen LogP contribution is -2.42. The number of hydrogen-bond donors (Lipinski definition) is 5. The summed E-state index contributed by atoms with van der Waals surface area (Å²) in [5, 5.41) is 40.0. The smallest absolute Gasteiger partial charge is 0.419 e. The van der Waals surface area contributed by atoms with E-state index in [-0.39, 0.29) is 29.7 Å². The summed E-state index contributed by atoms with van der Waals surface area (Å²) in [6.45, 7) is 2.15. The third kappa shape index (κ3) is 7.95. The van der Waals surface area contributed by atoms with Crippen LogP contribution in [0.3, 0.4) is 0 Å². The van der Waals surface area contributed by atoms with E-state index in [0.29, 0.717) is 70.2 Å². The number of esters is 1. The molecule has 7 rings (SSSR count). The number of aromatic hydroxyl groups is 1. The van der Waals surface area contributed by atoms with Gasteiger partial charge in [-0.3, -0.25) is 9.36 Å². The summed E-state index contributed by atoms with van der Waals surface area (Å²) < 4.78 is 13.2. The van der Waals surface area contributed by atoms with Crippen molar-refractivity contribution in [3.05, 3.63) is 119 Å². The number of benzene rings is 2. The Kier molecular flexibility index (Phi) is 11.5. The molecule has 0 spiro atoms. The summed E-state index contributed by atoms with van der Waals surface area (Å²) in [7, 11) is 2.09. The molecule has 0 radical (unpaired) electrons. The lowest BCUT2D eigenvalue weighted by molar-refractivity contribution is -0.169. The van der Waals surface area contributed by atoms with Crippen LogP contribution in [0.2, 0.25) is 0 Å². The van der Waals surface area contributed by atoms with Crippen LogP contribution in [0.1, 0.15) is 59.1 Å². The molecule has 0 aliphatic heterocycles. The molecular weight excluding hydrogens is 729 g/mol. The number of thiophene rings is 2. The number of nitrogens with zero attached hydrogens (tertiary/aromatic N) is 2. The summed E-state index contributed by atoms with van der Waals surface area (Å²) in [6.07, 6.45) is 3.47. The third-order valence-corrected chi connectivity index (χ3v) is 12.4. The number of phenolic OH excluding ortho intramolecular Hbond substituents is 1. The van der Waals surface area contributed by atoms with Gasteiger partial charge < -0.3 is 39.7 Å². The first-order valence-electron chi connectivity index (χ1n) is 18.2. The number of nitrogens with one attached hydrogen (secondary N) is 2. The van der Waals surface area contributed by atoms with Crippen molar-refractivity contribution in [3.63, 3.8) is 0 Å². The number of aliphatic hydroxyl groups excluding tert-OH is 1. The second-order valence-electron chi connectivity index (χ2n) is 13.9. The Balaban J connectivity index is 0.862. The summed E-state index contributed by atoms with van der Waals surface area (Å²) in [6, 6.07) is 19.3. The number of fused-ring (bicyclic) bond motifs is 2. The van der Waals surface area contributed by atoms with E-state index in [1.54, 1.807) is 28.8 Å². The number of aryl methyl sites for hydroxylation is 1. The van der Waals surface area contributed by atoms with Gasteiger partial charge in [-0.2, -0.15) is 0 Å². The van der Waals surface area contributed by atoms with Crippen LogP contribution in [-0.4, -0.2) is 74.6 Å². The van der Waals surface area contributed by atoms with Crippen molar-refractivity contribution < 1.29 is 29.3 Å². The second kappa shape index (κ2) is 16.4. The summed E-state index contributed by atoms with van der Waals surface area (Å²) >= 11 is 2.67. The first kappa shape index (κ1) is 37.7. The van der Waals surface area contributed by atoms with Crippen LogP contribution in [0.4, 0.5) is 0 Å². The molecule has 2 aromatic carbocycles. The highest BCUT2D eigenvalue weighted by molar-refractivity contribution is 7.12. The molecule has 6 aromatic rings. The van der Waals surface area contributed by atoms with Gasteiger partial charge in [-0.05, 0) is 117 Å². The molecule has 284 valence electrons. The van der Waals surface area contributed by atoms with Gasteiger partial charge >= 0.3 is 11.7 Å². The number of H-pyrrole nitrogens is 1. The summed E-state index contributed by atoms with van der Waals surface area (Å²) in [5.41, 5.74) is 1.04. The number of oxazole rings is 1. The zero-order valence-electron chi connectivity index (χ0n) is 29.9. The van der Waals surface area contributed by atoms with Gasteiger partial charge in [0.25, 0.3) is 0 Å². The monoisotopic (exact) mass is 772 g/mol. The molecule has 1 aliphatic carbocycles. The van der Waals surface area contributed by atoms with E-state index in [4.69, 9.17) is 9.15 Å². The zero-order chi connectivity index (χ0) is 37.8. The molecular formula is C40H44N4O8S2. The average molecular weight is 773 g/mol. The van der Waals surface area contributed by atoms with E-state index in [9.17, 15) is 29.7 Å². The van der Waals surface area contributed by atoms with Gasteiger partial charge in [-0.15, -0.1) is 22.7 Å². The van der Waals surface area contributed by atoms with Crippen LogP contribution < -0.4 is 16.6 Å². The standard InChI is InChI=1S/C40H44N4O8S2/c1-43(26-8-10-27(11-9-26)51-38(48)40(50,34-5-2-21-53-34)35-6-3-22-54-35)19-4-20-44-30-14-7-25(23-33(30)52-39(44)49)17-18-41-24-32(46)28-12-15-31(45)37-29(28)13-16-36(47)42-37/h2-3,5-7,12-16,21-23,26-27,32,41,45-46,50H,4,8-11,17-20,24H2,1H3,(H,42,47)/t26?,27?,32-/m0/s1. The molecule has 0 saturated heterocycles. The number of hydrogen-bond acceptors (Lipinski definition) is 12. The maximum atomic E-state index is 13.4. The Morgan fingerprint density at radius 2 is 1.80 bits per heavy atom. The van der Waals surface area contributed by atoms with E-state index in [1.165, 1.54) is 34.8 Å². The minimum absolute atomic E-state index is 0.0536. The first-order chi connectivity index (χ1) is 26.1. The fourth-order valence-corrected chi connectivity index (χ4v) is 9.12. The quantitative estimate of drug-likeness (QED) is 0.0687. The Hall–Kier alpha value is -4.57. The highest BCUT2D eigenvalue weighted by atomic mass is 32.1. The molecule has 0 unspecified atom stereocenters. The summed E-state index contributed by atoms with van der Waals surface area (Å²) in [4.78, 5) is 43.9. The molecule has 1 saturated carbocycles. The number of rotatable bonds is 15. The number of carbonyl (C=O) groups excluding carboxylic acids is 1. The van der Waals surface area contributed by atoms with E-state index in [2.05, 4.69) is 22.2 Å². The molecule has 1 aliphatic rings. The van der Waals surface area contributed by atoms with Crippen molar-refractivity contribution >= 4 is 50.6 Å². The molecule has 0 bridgehead atoms. The number of pyridine rings is 1. The fraction of sp³-hybridized carbons (Fsp3) is 0.375. The molecule has 4 heterocycles. The van der Waals surface area contributed by atoms with Crippen LogP contribution >= 0.6 is 22.7 Å².